The van der Waals surface area contributed by atoms with Crippen LogP contribution in [0.3, 0.4) is 0 Å². The van der Waals surface area contributed by atoms with Crippen LogP contribution >= 0.6 is 0 Å². The van der Waals surface area contributed by atoms with Crippen LogP contribution in [0.1, 0.15) is 0 Å². The first kappa shape index (κ1) is 7.00. The lowest BCUT2D eigenvalue weighted by Crippen LogP contribution is -2.47. The van der Waals surface area contributed by atoms with Gasteiger partial charge in [0.1, 0.15) is 5.83 Å². The van der Waals surface area contributed by atoms with Gasteiger partial charge < -0.3 is 10.1 Å². The summed E-state index contributed by atoms with van der Waals surface area (Å²) in [6, 6.07) is 0.170. The maximum absolute atomic E-state index is 12.6. The average molecular weight is 155 g/mol. The van der Waals surface area contributed by atoms with Crippen molar-refractivity contribution in [3.05, 3.63) is 24.1 Å². The molecule has 0 radical (unpaired) electrons. The van der Waals surface area contributed by atoms with Gasteiger partial charge in [-0.15, -0.1) is 0 Å². The van der Waals surface area contributed by atoms with E-state index in [-0.39, 0.29) is 18.0 Å². The third-order valence-electron chi connectivity index (χ3n) is 1.93. The van der Waals surface area contributed by atoms with Crippen molar-refractivity contribution in [1.82, 2.24) is 5.32 Å². The quantitative estimate of drug-likeness (QED) is 0.557. The van der Waals surface area contributed by atoms with E-state index in [0.717, 1.165) is 6.54 Å². The van der Waals surface area contributed by atoms with E-state index < -0.39 is 0 Å². The Balaban J connectivity index is 2.13. The normalized spacial score (nSPS) is 36.3. The van der Waals surface area contributed by atoms with E-state index in [1.807, 2.05) is 0 Å². The number of ether oxygens (including phenoxy) is 1. The van der Waals surface area contributed by atoms with Crippen LogP contribution in [-0.4, -0.2) is 25.3 Å². The third-order valence-corrected chi connectivity index (χ3v) is 1.93. The van der Waals surface area contributed by atoms with E-state index in [0.29, 0.717) is 6.61 Å². The van der Waals surface area contributed by atoms with Gasteiger partial charge in [0, 0.05) is 6.54 Å². The van der Waals surface area contributed by atoms with Crippen LogP contribution < -0.4 is 5.32 Å². The molecular formula is C8H10FNO. The fourth-order valence-electron chi connectivity index (χ4n) is 1.38. The Bertz CT molecular complexity index is 212. The molecule has 1 heterocycles. The zero-order valence-electron chi connectivity index (χ0n) is 6.09. The number of halogens is 1. The van der Waals surface area contributed by atoms with Crippen LogP contribution in [0, 0.1) is 0 Å². The predicted molar refractivity (Wildman–Crippen MR) is 39.9 cm³/mol. The van der Waals surface area contributed by atoms with Crippen molar-refractivity contribution in [2.45, 2.75) is 12.1 Å². The van der Waals surface area contributed by atoms with Crippen molar-refractivity contribution in [3.63, 3.8) is 0 Å². The highest BCUT2D eigenvalue weighted by molar-refractivity contribution is 5.24. The molecule has 1 fully saturated rings. The first-order chi connectivity index (χ1) is 5.36. The molecule has 11 heavy (non-hydrogen) atoms. The van der Waals surface area contributed by atoms with Crippen LogP contribution in [0.25, 0.3) is 0 Å². The lowest BCUT2D eigenvalue weighted by molar-refractivity contribution is 0.0370. The molecule has 2 aliphatic rings. The minimum atomic E-state index is -0.199. The molecule has 1 aliphatic heterocycles. The second-order valence-corrected chi connectivity index (χ2v) is 2.73. The molecule has 0 aromatic carbocycles. The van der Waals surface area contributed by atoms with Gasteiger partial charge in [0.2, 0.25) is 0 Å². The Kier molecular flexibility index (Phi) is 1.75. The van der Waals surface area contributed by atoms with Gasteiger partial charge >= 0.3 is 0 Å². The standard InChI is InChI=1S/C8H10FNO/c9-6-1-2-7-8(5-6)11-4-3-10-7/h1-2,5,7-8,10H,3-4H2. The molecule has 2 nitrogen and oxygen atoms in total. The Morgan fingerprint density at radius 2 is 2.55 bits per heavy atom. The van der Waals surface area contributed by atoms with Gasteiger partial charge in [0.05, 0.1) is 18.8 Å². The molecule has 3 heteroatoms. The second kappa shape index (κ2) is 2.75. The minimum absolute atomic E-state index is 0.103. The number of allylic oxidation sites excluding steroid dienone is 2. The molecule has 0 saturated carbocycles. The number of hydrogen-bond donors (Lipinski definition) is 1. The summed E-state index contributed by atoms with van der Waals surface area (Å²) in [7, 11) is 0. The summed E-state index contributed by atoms with van der Waals surface area (Å²) < 4.78 is 17.9. The molecule has 0 bridgehead atoms. The molecule has 0 spiro atoms. The van der Waals surface area contributed by atoms with Crippen LogP contribution in [0.2, 0.25) is 0 Å². The van der Waals surface area contributed by atoms with Crippen molar-refractivity contribution < 1.29 is 9.13 Å². The summed E-state index contributed by atoms with van der Waals surface area (Å²) in [5, 5.41) is 3.22. The Labute approximate surface area is 64.7 Å². The maximum atomic E-state index is 12.6. The second-order valence-electron chi connectivity index (χ2n) is 2.73. The van der Waals surface area contributed by atoms with E-state index in [1.165, 1.54) is 12.2 Å². The number of fused-ring (bicyclic) bond motifs is 1. The van der Waals surface area contributed by atoms with Gasteiger partial charge in [0.15, 0.2) is 0 Å². The average Bonchev–Trinajstić information content (AvgIpc) is 2.04. The molecule has 1 N–H and O–H groups in total. The van der Waals surface area contributed by atoms with Gasteiger partial charge in [-0.3, -0.25) is 0 Å². The Morgan fingerprint density at radius 1 is 1.64 bits per heavy atom. The van der Waals surface area contributed by atoms with Crippen molar-refractivity contribution >= 4 is 0 Å². The zero-order chi connectivity index (χ0) is 7.68. The maximum Gasteiger partial charge on any atom is 0.121 e. The Hall–Kier alpha value is -0.670. The van der Waals surface area contributed by atoms with E-state index in [4.69, 9.17) is 4.74 Å². The number of nitrogens with one attached hydrogen (secondary N) is 1. The molecule has 2 rings (SSSR count). The highest BCUT2D eigenvalue weighted by Gasteiger charge is 2.24. The minimum Gasteiger partial charge on any atom is -0.371 e. The molecular weight excluding hydrogens is 145 g/mol. The smallest absolute Gasteiger partial charge is 0.121 e. The summed E-state index contributed by atoms with van der Waals surface area (Å²) >= 11 is 0. The van der Waals surface area contributed by atoms with Crippen molar-refractivity contribution in [2.75, 3.05) is 13.2 Å². The number of hydrogen-bond acceptors (Lipinski definition) is 2. The zero-order valence-corrected chi connectivity index (χ0v) is 6.09. The molecule has 1 saturated heterocycles. The van der Waals surface area contributed by atoms with Crippen LogP contribution in [0.4, 0.5) is 4.39 Å². The molecule has 1 aliphatic carbocycles. The highest BCUT2D eigenvalue weighted by atomic mass is 19.1. The first-order valence-corrected chi connectivity index (χ1v) is 3.77. The number of rotatable bonds is 0. The molecule has 2 atom stereocenters. The SMILES string of the molecule is FC1=CC2OCCNC2C=C1. The first-order valence-electron chi connectivity index (χ1n) is 3.77. The van der Waals surface area contributed by atoms with Gasteiger partial charge in [-0.05, 0) is 12.2 Å². The fourth-order valence-corrected chi connectivity index (χ4v) is 1.38. The Morgan fingerprint density at radius 3 is 3.45 bits per heavy atom. The fraction of sp³-hybridized carbons (Fsp3) is 0.500. The summed E-state index contributed by atoms with van der Waals surface area (Å²) in [6.07, 6.45) is 4.69. The third kappa shape index (κ3) is 1.34. The predicted octanol–water partition coefficient (Wildman–Crippen LogP) is 0.767. The summed E-state index contributed by atoms with van der Waals surface area (Å²) in [4.78, 5) is 0. The highest BCUT2D eigenvalue weighted by Crippen LogP contribution is 2.16. The molecule has 2 unspecified atom stereocenters. The molecule has 60 valence electrons. The van der Waals surface area contributed by atoms with Crippen molar-refractivity contribution in [3.8, 4) is 0 Å². The lowest BCUT2D eigenvalue weighted by Gasteiger charge is -2.30. The van der Waals surface area contributed by atoms with Gasteiger partial charge in [-0.2, -0.15) is 0 Å². The largest absolute Gasteiger partial charge is 0.371 e. The van der Waals surface area contributed by atoms with Crippen LogP contribution in [0.15, 0.2) is 24.1 Å². The van der Waals surface area contributed by atoms with E-state index in [9.17, 15) is 4.39 Å². The van der Waals surface area contributed by atoms with Gasteiger partial charge in [0.25, 0.3) is 0 Å². The monoisotopic (exact) mass is 155 g/mol. The van der Waals surface area contributed by atoms with Gasteiger partial charge in [-0.1, -0.05) is 6.08 Å². The summed E-state index contributed by atoms with van der Waals surface area (Å²) in [5.41, 5.74) is 0. The van der Waals surface area contributed by atoms with E-state index in [2.05, 4.69) is 5.32 Å². The topological polar surface area (TPSA) is 21.3 Å². The van der Waals surface area contributed by atoms with Crippen LogP contribution in [0.5, 0.6) is 0 Å². The molecule has 0 aromatic heterocycles. The van der Waals surface area contributed by atoms with E-state index >= 15 is 0 Å². The van der Waals surface area contributed by atoms with E-state index in [1.54, 1.807) is 6.08 Å². The van der Waals surface area contributed by atoms with Crippen LogP contribution in [-0.2, 0) is 4.74 Å². The molecule has 0 amide bonds. The summed E-state index contributed by atoms with van der Waals surface area (Å²) in [5.74, 6) is -0.199. The van der Waals surface area contributed by atoms with Gasteiger partial charge in [-0.25, -0.2) is 4.39 Å². The van der Waals surface area contributed by atoms with Crippen molar-refractivity contribution in [2.24, 2.45) is 0 Å². The lowest BCUT2D eigenvalue weighted by atomic mass is 10.0. The number of morpholine rings is 1. The van der Waals surface area contributed by atoms with Crippen molar-refractivity contribution in [1.29, 1.82) is 0 Å². The summed E-state index contributed by atoms with van der Waals surface area (Å²) in [6.45, 7) is 1.51. The molecule has 0 aromatic rings.